The summed E-state index contributed by atoms with van der Waals surface area (Å²) in [6, 6.07) is 0. The fraction of sp³-hybridized carbons (Fsp3) is 0.857. The molecule has 0 heterocycles. The SMILES string of the molecule is CCCCP(=O)(O)CCC(O)NC(=O)OCOC(=O)C(C)(C)C. The highest BCUT2D eigenvalue weighted by Crippen LogP contribution is 2.42. The number of hydrogen-bond donors (Lipinski definition) is 3. The first-order valence-corrected chi connectivity index (χ1v) is 9.60. The van der Waals surface area contributed by atoms with Gasteiger partial charge in [0.25, 0.3) is 0 Å². The van der Waals surface area contributed by atoms with Gasteiger partial charge in [0.05, 0.1) is 5.41 Å². The minimum atomic E-state index is -3.28. The van der Waals surface area contributed by atoms with Gasteiger partial charge in [0.2, 0.25) is 14.2 Å². The van der Waals surface area contributed by atoms with Crippen molar-refractivity contribution in [2.45, 2.75) is 53.2 Å². The number of esters is 1. The number of carbonyl (C=O) groups is 2. The van der Waals surface area contributed by atoms with Crippen molar-refractivity contribution in [1.29, 1.82) is 0 Å². The number of aliphatic hydroxyl groups is 1. The molecule has 0 aromatic rings. The molecule has 0 aliphatic heterocycles. The highest BCUT2D eigenvalue weighted by Gasteiger charge is 2.24. The Morgan fingerprint density at radius 2 is 1.83 bits per heavy atom. The van der Waals surface area contributed by atoms with Gasteiger partial charge in [0.15, 0.2) is 0 Å². The molecule has 0 fully saturated rings. The second-order valence-corrected chi connectivity index (χ2v) is 8.91. The molecule has 0 saturated carbocycles. The molecule has 0 radical (unpaired) electrons. The van der Waals surface area contributed by atoms with Crippen molar-refractivity contribution in [3.05, 3.63) is 0 Å². The molecule has 0 aromatic heterocycles. The maximum Gasteiger partial charge on any atom is 0.412 e. The molecular weight excluding hydrogens is 325 g/mol. The van der Waals surface area contributed by atoms with E-state index in [2.05, 4.69) is 10.1 Å². The van der Waals surface area contributed by atoms with Crippen molar-refractivity contribution >= 4 is 19.4 Å². The Labute approximate surface area is 137 Å². The molecule has 8 nitrogen and oxygen atoms in total. The van der Waals surface area contributed by atoms with E-state index in [1.54, 1.807) is 20.8 Å². The van der Waals surface area contributed by atoms with Gasteiger partial charge in [-0.1, -0.05) is 13.3 Å². The normalized spacial score (nSPS) is 15.4. The first-order valence-electron chi connectivity index (χ1n) is 7.57. The number of alkyl carbamates (subject to hydrolysis) is 1. The third-order valence-electron chi connectivity index (χ3n) is 2.89. The second-order valence-electron chi connectivity index (χ2n) is 6.33. The lowest BCUT2D eigenvalue weighted by molar-refractivity contribution is -0.161. The fourth-order valence-electron chi connectivity index (χ4n) is 1.44. The number of ether oxygens (including phenoxy) is 2. The van der Waals surface area contributed by atoms with E-state index in [9.17, 15) is 24.2 Å². The Morgan fingerprint density at radius 1 is 1.22 bits per heavy atom. The molecule has 0 rings (SSSR count). The van der Waals surface area contributed by atoms with Crippen LogP contribution in [-0.4, -0.2) is 47.4 Å². The van der Waals surface area contributed by atoms with Crippen LogP contribution in [0.25, 0.3) is 0 Å². The van der Waals surface area contributed by atoms with Gasteiger partial charge >= 0.3 is 12.1 Å². The highest BCUT2D eigenvalue weighted by atomic mass is 31.2. The fourth-order valence-corrected chi connectivity index (χ4v) is 3.13. The van der Waals surface area contributed by atoms with E-state index in [4.69, 9.17) is 4.74 Å². The van der Waals surface area contributed by atoms with E-state index in [1.807, 2.05) is 6.92 Å². The summed E-state index contributed by atoms with van der Waals surface area (Å²) in [7, 11) is -3.28. The Kier molecular flexibility index (Phi) is 9.42. The van der Waals surface area contributed by atoms with Crippen LogP contribution in [0.3, 0.4) is 0 Å². The smallest absolute Gasteiger partial charge is 0.412 e. The molecule has 0 saturated heterocycles. The van der Waals surface area contributed by atoms with E-state index < -0.39 is 37.9 Å². The molecule has 2 atom stereocenters. The number of carbonyl (C=O) groups excluding carboxylic acids is 2. The van der Waals surface area contributed by atoms with Crippen LogP contribution in [0, 0.1) is 5.41 Å². The van der Waals surface area contributed by atoms with E-state index in [0.717, 1.165) is 6.42 Å². The molecule has 1 amide bonds. The molecular formula is C14H28NO7P. The van der Waals surface area contributed by atoms with Crippen molar-refractivity contribution in [1.82, 2.24) is 5.32 Å². The summed E-state index contributed by atoms with van der Waals surface area (Å²) >= 11 is 0. The van der Waals surface area contributed by atoms with Crippen molar-refractivity contribution in [3.63, 3.8) is 0 Å². The van der Waals surface area contributed by atoms with E-state index in [0.29, 0.717) is 6.42 Å². The molecule has 0 spiro atoms. The Morgan fingerprint density at radius 3 is 2.35 bits per heavy atom. The topological polar surface area (TPSA) is 122 Å². The van der Waals surface area contributed by atoms with Crippen molar-refractivity contribution < 1.29 is 33.6 Å². The average molecular weight is 353 g/mol. The number of unbranched alkanes of at least 4 members (excludes halogenated alkanes) is 1. The van der Waals surface area contributed by atoms with E-state index >= 15 is 0 Å². The molecule has 0 bridgehead atoms. The van der Waals surface area contributed by atoms with Gasteiger partial charge in [-0.3, -0.25) is 14.7 Å². The Hall–Kier alpha value is -1.11. The molecule has 2 unspecified atom stereocenters. The molecule has 23 heavy (non-hydrogen) atoms. The zero-order valence-corrected chi connectivity index (χ0v) is 15.1. The number of amides is 1. The van der Waals surface area contributed by atoms with Gasteiger partial charge in [-0.05, 0) is 27.2 Å². The summed E-state index contributed by atoms with van der Waals surface area (Å²) in [6.07, 6.45) is -0.780. The molecule has 0 aliphatic rings. The molecule has 3 N–H and O–H groups in total. The Bertz CT molecular complexity index is 433. The van der Waals surface area contributed by atoms with Crippen LogP contribution in [0.2, 0.25) is 0 Å². The molecule has 136 valence electrons. The minimum Gasteiger partial charge on any atom is -0.427 e. The summed E-state index contributed by atoms with van der Waals surface area (Å²) in [5, 5.41) is 11.7. The summed E-state index contributed by atoms with van der Waals surface area (Å²) in [6.45, 7) is 6.32. The largest absolute Gasteiger partial charge is 0.427 e. The zero-order valence-electron chi connectivity index (χ0n) is 14.2. The number of nitrogens with one attached hydrogen (secondary N) is 1. The highest BCUT2D eigenvalue weighted by molar-refractivity contribution is 7.57. The third kappa shape index (κ3) is 11.1. The lowest BCUT2D eigenvalue weighted by Crippen LogP contribution is -2.36. The van der Waals surface area contributed by atoms with Crippen LogP contribution >= 0.6 is 7.37 Å². The molecule has 9 heteroatoms. The second kappa shape index (κ2) is 9.90. The van der Waals surface area contributed by atoms with Gasteiger partial charge in [-0.25, -0.2) is 4.79 Å². The Balaban J connectivity index is 3.98. The first kappa shape index (κ1) is 21.9. The van der Waals surface area contributed by atoms with Gasteiger partial charge in [-0.2, -0.15) is 0 Å². The lowest BCUT2D eigenvalue weighted by Gasteiger charge is -2.18. The maximum atomic E-state index is 11.7. The van der Waals surface area contributed by atoms with Gasteiger partial charge < -0.3 is 19.5 Å². The van der Waals surface area contributed by atoms with Crippen LogP contribution < -0.4 is 5.32 Å². The number of hydrogen-bond acceptors (Lipinski definition) is 6. The van der Waals surface area contributed by atoms with Gasteiger partial charge in [0.1, 0.15) is 6.23 Å². The minimum absolute atomic E-state index is 0.0611. The quantitative estimate of drug-likeness (QED) is 0.329. The van der Waals surface area contributed by atoms with E-state index in [-0.39, 0.29) is 18.7 Å². The standard InChI is InChI=1S/C14H28NO7P/c1-5-6-8-23(19,20)9-7-11(16)15-13(18)22-10-21-12(17)14(2,3)4/h11,16H,5-10H2,1-4H3,(H,15,18)(H,19,20). The van der Waals surface area contributed by atoms with Crippen molar-refractivity contribution in [2.24, 2.45) is 5.41 Å². The van der Waals surface area contributed by atoms with E-state index in [1.165, 1.54) is 0 Å². The molecule has 0 aliphatic carbocycles. The van der Waals surface area contributed by atoms with Gasteiger partial charge in [-0.15, -0.1) is 0 Å². The van der Waals surface area contributed by atoms with Gasteiger partial charge in [0, 0.05) is 18.7 Å². The zero-order chi connectivity index (χ0) is 18.1. The summed E-state index contributed by atoms with van der Waals surface area (Å²) in [5.41, 5.74) is -0.708. The van der Waals surface area contributed by atoms with Crippen molar-refractivity contribution in [2.75, 3.05) is 19.1 Å². The first-order chi connectivity index (χ1) is 10.5. The van der Waals surface area contributed by atoms with Crippen LogP contribution in [0.1, 0.15) is 47.0 Å². The summed E-state index contributed by atoms with van der Waals surface area (Å²) in [4.78, 5) is 32.4. The summed E-state index contributed by atoms with van der Waals surface area (Å²) < 4.78 is 21.1. The molecule has 0 aromatic carbocycles. The van der Waals surface area contributed by atoms with Crippen LogP contribution in [0.15, 0.2) is 0 Å². The number of rotatable bonds is 9. The maximum absolute atomic E-state index is 11.7. The monoisotopic (exact) mass is 353 g/mol. The lowest BCUT2D eigenvalue weighted by atomic mass is 9.98. The van der Waals surface area contributed by atoms with Crippen molar-refractivity contribution in [3.8, 4) is 0 Å². The summed E-state index contributed by atoms with van der Waals surface area (Å²) in [5.74, 6) is -0.525. The van der Waals surface area contributed by atoms with Crippen LogP contribution in [0.5, 0.6) is 0 Å². The third-order valence-corrected chi connectivity index (χ3v) is 4.86. The predicted molar refractivity (Wildman–Crippen MR) is 85.1 cm³/mol. The number of aliphatic hydroxyl groups excluding tert-OH is 1. The predicted octanol–water partition coefficient (Wildman–Crippen LogP) is 2.04. The van der Waals surface area contributed by atoms with Crippen LogP contribution in [0.4, 0.5) is 4.79 Å². The average Bonchev–Trinajstić information content (AvgIpc) is 2.42. The van der Waals surface area contributed by atoms with Crippen LogP contribution in [-0.2, 0) is 18.8 Å².